The number of fused-ring (bicyclic) bond motifs is 2. The van der Waals surface area contributed by atoms with E-state index < -0.39 is 0 Å². The summed E-state index contributed by atoms with van der Waals surface area (Å²) in [4.78, 5) is 42.3. The molecule has 11 heteroatoms. The number of hydrogen-bond acceptors (Lipinski definition) is 9. The summed E-state index contributed by atoms with van der Waals surface area (Å²) in [5, 5.41) is 11.7. The number of carbonyl (C=O) groups is 2. The van der Waals surface area contributed by atoms with Gasteiger partial charge in [0.2, 0.25) is 11.8 Å². The normalized spacial score (nSPS) is 16.7. The van der Waals surface area contributed by atoms with Gasteiger partial charge in [0.05, 0.1) is 16.7 Å². The lowest BCUT2D eigenvalue weighted by Crippen LogP contribution is -2.45. The number of likely N-dealkylation sites (N-methyl/N-ethyl adjacent to an activating group) is 2. The molecular weight excluding hydrogens is 602 g/mol. The fraction of sp³-hybridized carbons (Fsp3) is 0.432. The van der Waals surface area contributed by atoms with E-state index in [9.17, 15) is 9.59 Å². The monoisotopic (exact) mass is 651 g/mol. The van der Waals surface area contributed by atoms with Crippen LogP contribution < -0.4 is 20.9 Å². The van der Waals surface area contributed by atoms with Crippen molar-refractivity contribution in [3.8, 4) is 0 Å². The SMILES string of the molecule is CN1CCN(CCC(=O)Nc2ccc3c(Nc4ccc(N(C)C)cc4)c4ccc(NC(=O)CCN5CCN(C)CC5)cc4nc3c2)CC1. The van der Waals surface area contributed by atoms with Crippen molar-refractivity contribution in [2.75, 3.05) is 114 Å². The van der Waals surface area contributed by atoms with Gasteiger partial charge in [-0.3, -0.25) is 9.59 Å². The van der Waals surface area contributed by atoms with Gasteiger partial charge in [-0.1, -0.05) is 0 Å². The molecule has 3 heterocycles. The standard InChI is InChI=1S/C37H49N9O2/c1-42(2)30-9-5-27(6-10-30)40-37-31-11-7-28(38-35(47)13-15-45-21-17-43(3)18-22-45)25-33(31)41-34-26-29(8-12-32(34)37)39-36(48)14-16-46-23-19-44(4)20-24-46/h5-12,25-26H,13-24H2,1-4H3,(H,38,47)(H,39,48)(H,40,41). The fourth-order valence-electron chi connectivity index (χ4n) is 6.33. The molecule has 0 spiro atoms. The highest BCUT2D eigenvalue weighted by atomic mass is 16.2. The van der Waals surface area contributed by atoms with Gasteiger partial charge in [0.25, 0.3) is 0 Å². The minimum Gasteiger partial charge on any atom is -0.378 e. The minimum absolute atomic E-state index is 0.00466. The van der Waals surface area contributed by atoms with Crippen molar-refractivity contribution in [1.29, 1.82) is 0 Å². The summed E-state index contributed by atoms with van der Waals surface area (Å²) in [5.74, 6) is -0.00932. The molecule has 254 valence electrons. The van der Waals surface area contributed by atoms with E-state index in [0.29, 0.717) is 24.2 Å². The van der Waals surface area contributed by atoms with Gasteiger partial charge in [-0.2, -0.15) is 0 Å². The van der Waals surface area contributed by atoms with Crippen molar-refractivity contribution in [3.05, 3.63) is 60.7 Å². The molecule has 2 amide bonds. The Balaban J connectivity index is 1.22. The van der Waals surface area contributed by atoms with Gasteiger partial charge in [0.15, 0.2) is 0 Å². The second-order valence-electron chi connectivity index (χ2n) is 13.4. The summed E-state index contributed by atoms with van der Waals surface area (Å²) in [6, 6.07) is 20.1. The Hall–Kier alpha value is -4.29. The minimum atomic E-state index is -0.00466. The fourth-order valence-corrected chi connectivity index (χ4v) is 6.33. The number of piperazine rings is 2. The zero-order valence-electron chi connectivity index (χ0n) is 28.8. The van der Waals surface area contributed by atoms with Crippen LogP contribution in [0.2, 0.25) is 0 Å². The molecule has 0 bridgehead atoms. The summed E-state index contributed by atoms with van der Waals surface area (Å²) >= 11 is 0. The molecule has 3 aromatic carbocycles. The number of amides is 2. The number of rotatable bonds is 11. The third kappa shape index (κ3) is 8.59. The van der Waals surface area contributed by atoms with E-state index in [0.717, 1.165) is 104 Å². The molecule has 4 aromatic rings. The van der Waals surface area contributed by atoms with Gasteiger partial charge in [0, 0.05) is 126 Å². The molecule has 2 aliphatic heterocycles. The first kappa shape index (κ1) is 33.6. The molecule has 2 aliphatic rings. The average molecular weight is 652 g/mol. The van der Waals surface area contributed by atoms with E-state index >= 15 is 0 Å². The molecule has 2 fully saturated rings. The van der Waals surface area contributed by atoms with Crippen LogP contribution in [0, 0.1) is 0 Å². The van der Waals surface area contributed by atoms with E-state index in [1.54, 1.807) is 0 Å². The van der Waals surface area contributed by atoms with Gasteiger partial charge >= 0.3 is 0 Å². The molecule has 11 nitrogen and oxygen atoms in total. The Kier molecular flexibility index (Phi) is 10.7. The summed E-state index contributed by atoms with van der Waals surface area (Å²) in [5.41, 5.74) is 5.94. The van der Waals surface area contributed by atoms with Crippen molar-refractivity contribution >= 4 is 62.1 Å². The number of pyridine rings is 1. The van der Waals surface area contributed by atoms with Crippen LogP contribution >= 0.6 is 0 Å². The molecule has 2 saturated heterocycles. The zero-order valence-corrected chi connectivity index (χ0v) is 28.8. The van der Waals surface area contributed by atoms with Crippen LogP contribution in [0.3, 0.4) is 0 Å². The predicted molar refractivity (Wildman–Crippen MR) is 198 cm³/mol. The molecular formula is C37H49N9O2. The van der Waals surface area contributed by atoms with Crippen LogP contribution in [0.1, 0.15) is 12.8 Å². The number of carbonyl (C=O) groups excluding carboxylic acids is 2. The van der Waals surface area contributed by atoms with Crippen molar-refractivity contribution in [1.82, 2.24) is 24.6 Å². The van der Waals surface area contributed by atoms with Gasteiger partial charge < -0.3 is 40.4 Å². The Labute approximate surface area is 283 Å². The molecule has 0 saturated carbocycles. The Morgan fingerprint density at radius 2 is 1.08 bits per heavy atom. The van der Waals surface area contributed by atoms with Crippen molar-refractivity contribution in [3.63, 3.8) is 0 Å². The summed E-state index contributed by atoms with van der Waals surface area (Å²) in [6.45, 7) is 9.59. The van der Waals surface area contributed by atoms with E-state index in [4.69, 9.17) is 4.98 Å². The van der Waals surface area contributed by atoms with Crippen molar-refractivity contribution in [2.24, 2.45) is 0 Å². The molecule has 1 aromatic heterocycles. The van der Waals surface area contributed by atoms with Crippen LogP contribution in [0.15, 0.2) is 60.7 Å². The maximum Gasteiger partial charge on any atom is 0.225 e. The smallest absolute Gasteiger partial charge is 0.225 e. The van der Waals surface area contributed by atoms with Crippen LogP contribution in [-0.2, 0) is 9.59 Å². The Morgan fingerprint density at radius 1 is 0.646 bits per heavy atom. The average Bonchev–Trinajstić information content (AvgIpc) is 3.07. The van der Waals surface area contributed by atoms with E-state index in [1.807, 2.05) is 50.5 Å². The summed E-state index contributed by atoms with van der Waals surface area (Å²) in [7, 11) is 8.32. The highest BCUT2D eigenvalue weighted by molar-refractivity contribution is 6.10. The first-order chi connectivity index (χ1) is 23.2. The third-order valence-electron chi connectivity index (χ3n) is 9.50. The number of hydrogen-bond donors (Lipinski definition) is 3. The molecule has 0 aliphatic carbocycles. The first-order valence-corrected chi connectivity index (χ1v) is 17.0. The van der Waals surface area contributed by atoms with Crippen LogP contribution in [0.4, 0.5) is 28.4 Å². The summed E-state index contributed by atoms with van der Waals surface area (Å²) < 4.78 is 0. The third-order valence-corrected chi connectivity index (χ3v) is 9.50. The second kappa shape index (κ2) is 15.3. The molecule has 48 heavy (non-hydrogen) atoms. The number of benzene rings is 3. The van der Waals surface area contributed by atoms with Crippen LogP contribution in [-0.4, -0.2) is 130 Å². The van der Waals surface area contributed by atoms with E-state index in [-0.39, 0.29) is 11.8 Å². The Morgan fingerprint density at radius 3 is 1.52 bits per heavy atom. The van der Waals surface area contributed by atoms with Gasteiger partial charge in [0.1, 0.15) is 0 Å². The maximum absolute atomic E-state index is 12.9. The van der Waals surface area contributed by atoms with E-state index in [1.165, 1.54) is 0 Å². The lowest BCUT2D eigenvalue weighted by atomic mass is 10.1. The van der Waals surface area contributed by atoms with Gasteiger partial charge in [-0.25, -0.2) is 4.98 Å². The predicted octanol–water partition coefficient (Wildman–Crippen LogP) is 4.35. The largest absolute Gasteiger partial charge is 0.378 e. The number of anilines is 5. The Bertz CT molecular complexity index is 1630. The molecule has 0 radical (unpaired) electrons. The lowest BCUT2D eigenvalue weighted by Gasteiger charge is -2.32. The van der Waals surface area contributed by atoms with Crippen molar-refractivity contribution < 1.29 is 9.59 Å². The second-order valence-corrected chi connectivity index (χ2v) is 13.4. The number of nitrogens with zero attached hydrogens (tertiary/aromatic N) is 6. The molecule has 6 rings (SSSR count). The quantitative estimate of drug-likeness (QED) is 0.205. The molecule has 0 atom stereocenters. The maximum atomic E-state index is 12.9. The van der Waals surface area contributed by atoms with Crippen LogP contribution in [0.5, 0.6) is 0 Å². The highest BCUT2D eigenvalue weighted by Gasteiger charge is 2.17. The topological polar surface area (TPSA) is 99.3 Å². The van der Waals surface area contributed by atoms with Gasteiger partial charge in [-0.15, -0.1) is 0 Å². The summed E-state index contributed by atoms with van der Waals surface area (Å²) in [6.07, 6.45) is 0.890. The molecule has 0 unspecified atom stereocenters. The van der Waals surface area contributed by atoms with Crippen molar-refractivity contribution in [2.45, 2.75) is 12.8 Å². The number of nitrogens with one attached hydrogen (secondary N) is 3. The first-order valence-electron chi connectivity index (χ1n) is 17.0. The molecule has 3 N–H and O–H groups in total. The van der Waals surface area contributed by atoms with Crippen LogP contribution in [0.25, 0.3) is 21.8 Å². The zero-order chi connectivity index (χ0) is 33.6. The van der Waals surface area contributed by atoms with Gasteiger partial charge in [-0.05, 0) is 74.8 Å². The number of aromatic nitrogens is 1. The highest BCUT2D eigenvalue weighted by Crippen LogP contribution is 2.36. The lowest BCUT2D eigenvalue weighted by molar-refractivity contribution is -0.117. The van der Waals surface area contributed by atoms with E-state index in [2.05, 4.69) is 78.8 Å².